The lowest BCUT2D eigenvalue weighted by molar-refractivity contribution is -0.159. The molecule has 0 aromatic rings. The van der Waals surface area contributed by atoms with Crippen LogP contribution >= 0.6 is 22.6 Å². The smallest absolute Gasteiger partial charge is 0.192 e. The van der Waals surface area contributed by atoms with Crippen molar-refractivity contribution in [1.29, 1.82) is 0 Å². The van der Waals surface area contributed by atoms with E-state index in [4.69, 9.17) is 18.0 Å². The summed E-state index contributed by atoms with van der Waals surface area (Å²) in [6.07, 6.45) is -1.34. The minimum Gasteiger partial charge on any atom is -0.414 e. The Morgan fingerprint density at radius 3 is 1.66 bits per heavy atom. The summed E-state index contributed by atoms with van der Waals surface area (Å²) in [4.78, 5) is 3.12. The van der Waals surface area contributed by atoms with Crippen molar-refractivity contribution >= 4 is 47.5 Å². The van der Waals surface area contributed by atoms with Crippen LogP contribution in [0, 0.1) is 0 Å². The lowest BCUT2D eigenvalue weighted by Crippen LogP contribution is -2.63. The molecule has 0 aliphatic carbocycles. The molecule has 0 spiro atoms. The molecule has 1 fully saturated rings. The fourth-order valence-electron chi connectivity index (χ4n) is 4.52. The van der Waals surface area contributed by atoms with E-state index in [2.05, 4.69) is 108 Å². The van der Waals surface area contributed by atoms with E-state index < -0.39 is 31.2 Å². The van der Waals surface area contributed by atoms with Crippen LogP contribution in [-0.4, -0.2) is 60.0 Å². The molecule has 11 heteroatoms. The first-order valence-electron chi connectivity index (χ1n) is 13.6. The van der Waals surface area contributed by atoms with Gasteiger partial charge >= 0.3 is 0 Å². The highest BCUT2D eigenvalue weighted by molar-refractivity contribution is 14.1. The maximum atomic E-state index is 9.31. The van der Waals surface area contributed by atoms with E-state index in [0.717, 1.165) is 36.3 Å². The highest BCUT2D eigenvalue weighted by Gasteiger charge is 2.52. The summed E-state index contributed by atoms with van der Waals surface area (Å²) in [6.45, 7) is 25.2. The zero-order chi connectivity index (χ0) is 27.1. The first kappa shape index (κ1) is 33.6. The third-order valence-electron chi connectivity index (χ3n) is 8.81. The third kappa shape index (κ3) is 8.26. The van der Waals surface area contributed by atoms with Gasteiger partial charge in [-0.05, 0) is 59.9 Å². The number of hydrogen-bond donors (Lipinski definition) is 0. The molecular formula is C24H52IN3O4Si3. The van der Waals surface area contributed by atoms with Crippen molar-refractivity contribution in [3.8, 4) is 0 Å². The van der Waals surface area contributed by atoms with Crippen LogP contribution in [0.3, 0.4) is 0 Å². The zero-order valence-corrected chi connectivity index (χ0v) is 29.3. The van der Waals surface area contributed by atoms with Crippen LogP contribution in [0.2, 0.25) is 54.4 Å². The molecule has 0 amide bonds. The Morgan fingerprint density at radius 2 is 1.29 bits per heavy atom. The van der Waals surface area contributed by atoms with Gasteiger partial charge in [0.2, 0.25) is 0 Å². The fraction of sp³-hybridized carbons (Fsp3) is 1.00. The van der Waals surface area contributed by atoms with Crippen molar-refractivity contribution in [3.63, 3.8) is 0 Å². The average Bonchev–Trinajstić information content (AvgIpc) is 2.83. The molecule has 1 aliphatic heterocycles. The Labute approximate surface area is 231 Å². The Bertz CT molecular complexity index is 679. The van der Waals surface area contributed by atoms with Crippen LogP contribution in [0.4, 0.5) is 0 Å². The van der Waals surface area contributed by atoms with Gasteiger partial charge in [0.15, 0.2) is 31.2 Å². The summed E-state index contributed by atoms with van der Waals surface area (Å²) >= 11 is 2.37. The molecule has 0 bridgehead atoms. The maximum absolute atomic E-state index is 9.31. The molecule has 1 heterocycles. The van der Waals surface area contributed by atoms with Gasteiger partial charge in [0.25, 0.3) is 0 Å². The van der Waals surface area contributed by atoms with E-state index in [1.807, 2.05) is 0 Å². The first-order chi connectivity index (χ1) is 16.2. The number of nitrogens with zero attached hydrogens (tertiary/aromatic N) is 3. The standard InChI is InChI=1S/C24H52IN3O4Si3/c1-12-34(13-2,14-3)31-21-19(18-29-33(10,11)24(7,8)9)30-23(27-28-26)20(25)22(21)32-35(15-4,16-5)17-6/h19-23H,12-18H2,1-11H3/t19-,20+,21+,22-,23+/m1/s1. The van der Waals surface area contributed by atoms with Crippen LogP contribution in [0.5, 0.6) is 0 Å². The van der Waals surface area contributed by atoms with E-state index in [1.54, 1.807) is 0 Å². The number of halogens is 1. The molecule has 0 N–H and O–H groups in total. The van der Waals surface area contributed by atoms with Crippen LogP contribution in [0.25, 0.3) is 10.4 Å². The van der Waals surface area contributed by atoms with Gasteiger partial charge in [-0.1, -0.05) is 90.0 Å². The summed E-state index contributed by atoms with van der Waals surface area (Å²) < 4.78 is 27.4. The van der Waals surface area contributed by atoms with Crippen molar-refractivity contribution in [1.82, 2.24) is 0 Å². The third-order valence-corrected chi connectivity index (χ3v) is 23.9. The largest absolute Gasteiger partial charge is 0.414 e. The summed E-state index contributed by atoms with van der Waals surface area (Å²) in [5.41, 5.74) is 9.31. The second kappa shape index (κ2) is 14.1. The molecule has 1 aliphatic rings. The second-order valence-electron chi connectivity index (χ2n) is 11.4. The van der Waals surface area contributed by atoms with Crippen molar-refractivity contribution in [3.05, 3.63) is 10.4 Å². The van der Waals surface area contributed by atoms with Gasteiger partial charge in [-0.2, -0.15) is 0 Å². The molecule has 0 saturated carbocycles. The lowest BCUT2D eigenvalue weighted by Gasteiger charge is -2.50. The first-order valence-corrected chi connectivity index (χ1v) is 22.8. The topological polar surface area (TPSA) is 85.7 Å². The molecule has 0 radical (unpaired) electrons. The van der Waals surface area contributed by atoms with E-state index in [1.165, 1.54) is 0 Å². The predicted octanol–water partition coefficient (Wildman–Crippen LogP) is 8.63. The normalized spacial score (nSPS) is 26.5. The van der Waals surface area contributed by atoms with Gasteiger partial charge < -0.3 is 18.0 Å². The summed E-state index contributed by atoms with van der Waals surface area (Å²) in [6, 6.07) is 6.35. The minimum atomic E-state index is -2.01. The molecule has 0 unspecified atom stereocenters. The summed E-state index contributed by atoms with van der Waals surface area (Å²) in [7, 11) is -5.94. The highest BCUT2D eigenvalue weighted by atomic mass is 127. The lowest BCUT2D eigenvalue weighted by atomic mass is 10.0. The Kier molecular flexibility index (Phi) is 13.5. The number of hydrogen-bond acceptors (Lipinski definition) is 5. The molecule has 1 rings (SSSR count). The molecule has 206 valence electrons. The molecular weight excluding hydrogens is 605 g/mol. The maximum Gasteiger partial charge on any atom is 0.192 e. The van der Waals surface area contributed by atoms with Gasteiger partial charge in [-0.15, -0.1) is 0 Å². The molecule has 5 atom stereocenters. The fourth-order valence-corrected chi connectivity index (χ4v) is 12.4. The van der Waals surface area contributed by atoms with Gasteiger partial charge in [-0.25, -0.2) is 0 Å². The SMILES string of the molecule is CC[Si](CC)(CC)O[C@@H]1[C@H](I)[C@@H](N=[N+]=[N-])O[C@H](CO[Si](C)(C)C(C)(C)C)[C@@H]1O[Si](CC)(CC)CC. The number of alkyl halides is 1. The van der Waals surface area contributed by atoms with Gasteiger partial charge in [0.1, 0.15) is 6.10 Å². The molecule has 0 aromatic carbocycles. The average molecular weight is 658 g/mol. The molecule has 7 nitrogen and oxygen atoms in total. The Balaban J connectivity index is 3.54. The summed E-state index contributed by atoms with van der Waals surface area (Å²) in [5, 5.41) is 4.15. The van der Waals surface area contributed by atoms with Gasteiger partial charge in [-0.3, -0.25) is 0 Å². The molecule has 1 saturated heterocycles. The number of azide groups is 1. The Hall–Kier alpha value is 0.531. The van der Waals surface area contributed by atoms with E-state index in [9.17, 15) is 5.53 Å². The van der Waals surface area contributed by atoms with Crippen molar-refractivity contribution < 1.29 is 18.0 Å². The molecule has 35 heavy (non-hydrogen) atoms. The number of ether oxygens (including phenoxy) is 1. The summed E-state index contributed by atoms with van der Waals surface area (Å²) in [5.74, 6) is 0. The number of rotatable bonds is 14. The van der Waals surface area contributed by atoms with Crippen molar-refractivity contribution in [2.24, 2.45) is 5.11 Å². The zero-order valence-electron chi connectivity index (χ0n) is 24.2. The monoisotopic (exact) mass is 657 g/mol. The van der Waals surface area contributed by atoms with Crippen LogP contribution < -0.4 is 0 Å². The van der Waals surface area contributed by atoms with Crippen LogP contribution in [-0.2, 0) is 18.0 Å². The Morgan fingerprint density at radius 1 is 0.857 bits per heavy atom. The van der Waals surface area contributed by atoms with Gasteiger partial charge in [0, 0.05) is 4.91 Å². The van der Waals surface area contributed by atoms with Crippen LogP contribution in [0.1, 0.15) is 62.3 Å². The highest BCUT2D eigenvalue weighted by Crippen LogP contribution is 2.41. The quantitative estimate of drug-likeness (QED) is 0.0468. The predicted molar refractivity (Wildman–Crippen MR) is 163 cm³/mol. The second-order valence-corrected chi connectivity index (χ2v) is 27.1. The van der Waals surface area contributed by atoms with Crippen LogP contribution in [0.15, 0.2) is 5.11 Å². The van der Waals surface area contributed by atoms with E-state index in [-0.39, 0.29) is 27.3 Å². The van der Waals surface area contributed by atoms with Crippen molar-refractivity contribution in [2.75, 3.05) is 6.61 Å². The van der Waals surface area contributed by atoms with Crippen molar-refractivity contribution in [2.45, 2.75) is 145 Å². The minimum absolute atomic E-state index is 0.0907. The van der Waals surface area contributed by atoms with E-state index >= 15 is 0 Å². The van der Waals surface area contributed by atoms with E-state index in [0.29, 0.717) is 6.61 Å². The molecule has 0 aromatic heterocycles. The van der Waals surface area contributed by atoms with Gasteiger partial charge in [0.05, 0.1) is 22.7 Å².